The summed E-state index contributed by atoms with van der Waals surface area (Å²) in [7, 11) is -12.5. The predicted molar refractivity (Wildman–Crippen MR) is 117 cm³/mol. The molecule has 0 bridgehead atoms. The van der Waals surface area contributed by atoms with Crippen LogP contribution < -0.4 is 0 Å². The van der Waals surface area contributed by atoms with Gasteiger partial charge in [0.1, 0.15) is 11.6 Å². The van der Waals surface area contributed by atoms with Gasteiger partial charge in [0, 0.05) is 32.3 Å². The monoisotopic (exact) mass is 508 g/mol. The first kappa shape index (κ1) is 26.8. The van der Waals surface area contributed by atoms with Crippen LogP contribution in [0.3, 0.4) is 0 Å². The van der Waals surface area contributed by atoms with Crippen molar-refractivity contribution in [3.8, 4) is 6.07 Å². The van der Waals surface area contributed by atoms with E-state index in [1.165, 1.54) is 11.4 Å². The lowest BCUT2D eigenvalue weighted by Gasteiger charge is -2.41. The molecule has 2 atom stereocenters. The molecule has 0 spiro atoms. The average molecular weight is 508 g/mol. The molecule has 0 fully saturated rings. The Morgan fingerprint density at radius 1 is 1.22 bits per heavy atom. The van der Waals surface area contributed by atoms with Gasteiger partial charge in [-0.05, 0) is 39.7 Å². The van der Waals surface area contributed by atoms with Crippen molar-refractivity contribution in [2.45, 2.75) is 38.3 Å². The Balaban J connectivity index is 2.78. The summed E-state index contributed by atoms with van der Waals surface area (Å²) in [5.74, 6) is 0. The molecule has 32 heavy (non-hydrogen) atoms. The standard InChI is InChI=1S/C17H27N4O8P3/c1-7-29-30(6,22)17(31(23,24)25,32(26,27-4)28-5)9-8-14-10-12(2)19-16-15(11-18)13(3)20-21(14)16/h10H,7-9H2,1-6H3,(H2,23,24,25). The van der Waals surface area contributed by atoms with Gasteiger partial charge in [0.2, 0.25) is 12.0 Å². The minimum Gasteiger partial charge on any atom is -0.328 e. The molecule has 0 aromatic carbocycles. The maximum Gasteiger partial charge on any atom is 0.358 e. The van der Waals surface area contributed by atoms with Crippen LogP contribution in [0.25, 0.3) is 5.65 Å². The molecule has 2 unspecified atom stereocenters. The van der Waals surface area contributed by atoms with E-state index < -0.39 is 33.6 Å². The molecule has 15 heteroatoms. The summed E-state index contributed by atoms with van der Waals surface area (Å²) >= 11 is 0. The Kier molecular flexibility index (Phi) is 7.93. The molecule has 0 amide bonds. The SMILES string of the molecule is CCOP(C)(=O)C(CCc1cc(C)nc2c(C#N)c(C)nn12)(P(=O)(O)O)P(=O)(OC)OC. The van der Waals surface area contributed by atoms with Gasteiger partial charge in [0.15, 0.2) is 5.65 Å². The highest BCUT2D eigenvalue weighted by Gasteiger charge is 2.71. The van der Waals surface area contributed by atoms with Gasteiger partial charge in [0.25, 0.3) is 0 Å². The van der Waals surface area contributed by atoms with Crippen molar-refractivity contribution in [1.29, 1.82) is 5.26 Å². The Labute approximate surface area is 186 Å². The van der Waals surface area contributed by atoms with E-state index in [4.69, 9.17) is 13.6 Å². The van der Waals surface area contributed by atoms with E-state index in [1.54, 1.807) is 19.9 Å². The lowest BCUT2D eigenvalue weighted by Crippen LogP contribution is -2.32. The van der Waals surface area contributed by atoms with Crippen LogP contribution in [0.5, 0.6) is 0 Å². The highest BCUT2D eigenvalue weighted by molar-refractivity contribution is 7.91. The molecule has 0 aliphatic rings. The second-order valence-electron chi connectivity index (χ2n) is 7.14. The van der Waals surface area contributed by atoms with Gasteiger partial charge in [-0.25, -0.2) is 9.50 Å². The van der Waals surface area contributed by atoms with E-state index in [0.717, 1.165) is 20.9 Å². The van der Waals surface area contributed by atoms with Crippen molar-refractivity contribution >= 4 is 28.2 Å². The van der Waals surface area contributed by atoms with Crippen LogP contribution in [0.15, 0.2) is 6.07 Å². The van der Waals surface area contributed by atoms with Crippen LogP contribution in [0.1, 0.15) is 36.0 Å². The lowest BCUT2D eigenvalue weighted by atomic mass is 10.2. The molecule has 2 heterocycles. The Morgan fingerprint density at radius 3 is 2.28 bits per heavy atom. The molecule has 2 aromatic heterocycles. The summed E-state index contributed by atoms with van der Waals surface area (Å²) in [5, 5.41) is 13.7. The Morgan fingerprint density at radius 2 is 1.81 bits per heavy atom. The van der Waals surface area contributed by atoms with Crippen LogP contribution in [0.2, 0.25) is 0 Å². The smallest absolute Gasteiger partial charge is 0.328 e. The van der Waals surface area contributed by atoms with Crippen LogP contribution in [-0.2, 0) is 33.7 Å². The van der Waals surface area contributed by atoms with Gasteiger partial charge >= 0.3 is 15.2 Å². The molecule has 0 saturated heterocycles. The normalized spacial score (nSPS) is 16.5. The van der Waals surface area contributed by atoms with Crippen molar-refractivity contribution in [1.82, 2.24) is 14.6 Å². The molecule has 12 nitrogen and oxygen atoms in total. The average Bonchev–Trinajstić information content (AvgIpc) is 3.01. The molecule has 0 radical (unpaired) electrons. The highest BCUT2D eigenvalue weighted by Crippen LogP contribution is 2.88. The first-order valence-corrected chi connectivity index (χ1v) is 14.7. The number of nitrogens with zero attached hydrogens (tertiary/aromatic N) is 4. The molecule has 0 saturated carbocycles. The zero-order valence-electron chi connectivity index (χ0n) is 18.7. The highest BCUT2D eigenvalue weighted by atomic mass is 31.3. The fourth-order valence-electron chi connectivity index (χ4n) is 3.75. The molecular weight excluding hydrogens is 481 g/mol. The number of rotatable bonds is 10. The van der Waals surface area contributed by atoms with E-state index in [-0.39, 0.29) is 24.2 Å². The number of nitriles is 1. The van der Waals surface area contributed by atoms with Crippen molar-refractivity contribution in [3.05, 3.63) is 28.7 Å². The Bertz CT molecular complexity index is 1190. The minimum atomic E-state index is -5.43. The minimum absolute atomic E-state index is 0.147. The van der Waals surface area contributed by atoms with Crippen molar-refractivity contribution in [2.24, 2.45) is 0 Å². The third-order valence-corrected chi connectivity index (χ3v) is 15.9. The lowest BCUT2D eigenvalue weighted by molar-refractivity contribution is 0.248. The summed E-state index contributed by atoms with van der Waals surface area (Å²) in [6.45, 7) is 5.68. The Hall–Kier alpha value is -1.40. The zero-order chi connectivity index (χ0) is 24.5. The van der Waals surface area contributed by atoms with E-state index in [1.807, 2.05) is 6.07 Å². The third-order valence-electron chi connectivity index (χ3n) is 5.21. The van der Waals surface area contributed by atoms with Crippen molar-refractivity contribution in [2.75, 3.05) is 27.5 Å². The van der Waals surface area contributed by atoms with Gasteiger partial charge in [-0.15, -0.1) is 0 Å². The zero-order valence-corrected chi connectivity index (χ0v) is 21.4. The maximum atomic E-state index is 13.6. The van der Waals surface area contributed by atoms with Gasteiger partial charge < -0.3 is 23.4 Å². The molecule has 178 valence electrons. The van der Waals surface area contributed by atoms with Gasteiger partial charge in [-0.3, -0.25) is 13.7 Å². The molecule has 0 aliphatic heterocycles. The van der Waals surface area contributed by atoms with E-state index in [9.17, 15) is 28.7 Å². The molecule has 2 rings (SSSR count). The molecule has 2 aromatic rings. The van der Waals surface area contributed by atoms with Gasteiger partial charge in [0.05, 0.1) is 12.3 Å². The van der Waals surface area contributed by atoms with E-state index in [0.29, 0.717) is 17.1 Å². The second-order valence-corrected chi connectivity index (χ2v) is 15.3. The second kappa shape index (κ2) is 9.46. The third kappa shape index (κ3) is 4.25. The topological polar surface area (TPSA) is 173 Å². The molecular formula is C17H27N4O8P3. The van der Waals surface area contributed by atoms with Gasteiger partial charge in [-0.2, -0.15) is 10.4 Å². The van der Waals surface area contributed by atoms with Crippen LogP contribution in [0.4, 0.5) is 0 Å². The predicted octanol–water partition coefficient (Wildman–Crippen LogP) is 3.41. The van der Waals surface area contributed by atoms with Crippen molar-refractivity contribution < 1.29 is 37.1 Å². The number of aromatic nitrogens is 3. The molecule has 2 N–H and O–H groups in total. The number of fused-ring (bicyclic) bond motifs is 1. The van der Waals surface area contributed by atoms with Crippen molar-refractivity contribution in [3.63, 3.8) is 0 Å². The summed E-state index contributed by atoms with van der Waals surface area (Å²) in [6.07, 6.45) is -0.734. The number of aryl methyl sites for hydroxylation is 3. The quantitative estimate of drug-likeness (QED) is 0.450. The fourth-order valence-corrected chi connectivity index (χ4v) is 12.8. The van der Waals surface area contributed by atoms with Gasteiger partial charge in [-0.1, -0.05) is 0 Å². The summed E-state index contributed by atoms with van der Waals surface area (Å²) in [6, 6.07) is 3.64. The summed E-state index contributed by atoms with van der Waals surface area (Å²) in [4.78, 5) is 25.1. The maximum absolute atomic E-state index is 13.6. The van der Waals surface area contributed by atoms with Crippen LogP contribution in [0, 0.1) is 25.2 Å². The largest absolute Gasteiger partial charge is 0.358 e. The number of hydrogen-bond donors (Lipinski definition) is 2. The van der Waals surface area contributed by atoms with Crippen LogP contribution in [-0.4, -0.2) is 56.5 Å². The number of hydrogen-bond acceptors (Lipinski definition) is 9. The molecule has 0 aliphatic carbocycles. The first-order valence-electron chi connectivity index (χ1n) is 9.50. The van der Waals surface area contributed by atoms with Crippen LogP contribution >= 0.6 is 22.6 Å². The van der Waals surface area contributed by atoms with E-state index >= 15 is 0 Å². The summed E-state index contributed by atoms with van der Waals surface area (Å²) < 4.78 is 53.7. The van der Waals surface area contributed by atoms with E-state index in [2.05, 4.69) is 10.1 Å². The first-order chi connectivity index (χ1) is 14.7. The fraction of sp³-hybridized carbons (Fsp3) is 0.588. The summed E-state index contributed by atoms with van der Waals surface area (Å²) in [5.41, 5.74) is 1.88.